The molecule has 0 radical (unpaired) electrons. The Balaban J connectivity index is 1.98. The van der Waals surface area contributed by atoms with Gasteiger partial charge in [-0.1, -0.05) is 6.07 Å². The highest BCUT2D eigenvalue weighted by Crippen LogP contribution is 2.18. The van der Waals surface area contributed by atoms with Gasteiger partial charge in [-0.3, -0.25) is 0 Å². The van der Waals surface area contributed by atoms with Gasteiger partial charge in [-0.25, -0.2) is 0 Å². The predicted octanol–water partition coefficient (Wildman–Crippen LogP) is 1.46. The molecule has 0 unspecified atom stereocenters. The first-order valence-corrected chi connectivity index (χ1v) is 6.49. The summed E-state index contributed by atoms with van der Waals surface area (Å²) in [6.45, 7) is 3.61. The second-order valence-electron chi connectivity index (χ2n) is 3.89. The molecule has 0 saturated heterocycles. The van der Waals surface area contributed by atoms with Crippen LogP contribution in [0.4, 0.5) is 0 Å². The van der Waals surface area contributed by atoms with Crippen molar-refractivity contribution in [2.75, 3.05) is 46.7 Å². The molecule has 19 heavy (non-hydrogen) atoms. The number of ether oxygens (including phenoxy) is 4. The van der Waals surface area contributed by atoms with Crippen LogP contribution < -0.4 is 15.2 Å². The van der Waals surface area contributed by atoms with Crippen LogP contribution in [0.25, 0.3) is 0 Å². The molecule has 0 saturated carbocycles. The normalized spacial score (nSPS) is 10.4. The lowest BCUT2D eigenvalue weighted by Crippen LogP contribution is -2.12. The SMILES string of the molecule is COc1cccc(OCCCOCCOCCN)c1. The molecule has 5 heteroatoms. The summed E-state index contributed by atoms with van der Waals surface area (Å²) >= 11 is 0. The van der Waals surface area contributed by atoms with E-state index in [0.29, 0.717) is 39.6 Å². The fourth-order valence-corrected chi connectivity index (χ4v) is 1.45. The van der Waals surface area contributed by atoms with Crippen LogP contribution in [-0.4, -0.2) is 46.7 Å². The molecule has 0 amide bonds. The van der Waals surface area contributed by atoms with Gasteiger partial charge >= 0.3 is 0 Å². The zero-order valence-corrected chi connectivity index (χ0v) is 11.5. The van der Waals surface area contributed by atoms with Crippen LogP contribution in [0.5, 0.6) is 11.5 Å². The van der Waals surface area contributed by atoms with Crippen molar-refractivity contribution in [3.05, 3.63) is 24.3 Å². The molecule has 1 aromatic rings. The molecule has 2 N–H and O–H groups in total. The molecule has 0 aliphatic carbocycles. The van der Waals surface area contributed by atoms with Crippen molar-refractivity contribution in [3.63, 3.8) is 0 Å². The first kappa shape index (κ1) is 15.8. The molecule has 0 atom stereocenters. The molecule has 1 aromatic carbocycles. The maximum atomic E-state index is 5.59. The second kappa shape index (κ2) is 10.6. The summed E-state index contributed by atoms with van der Waals surface area (Å²) in [4.78, 5) is 0. The van der Waals surface area contributed by atoms with Crippen LogP contribution >= 0.6 is 0 Å². The number of methoxy groups -OCH3 is 1. The zero-order valence-electron chi connectivity index (χ0n) is 11.5. The first-order valence-electron chi connectivity index (χ1n) is 6.49. The largest absolute Gasteiger partial charge is 0.497 e. The van der Waals surface area contributed by atoms with E-state index in [1.54, 1.807) is 7.11 Å². The van der Waals surface area contributed by atoms with E-state index in [1.807, 2.05) is 24.3 Å². The summed E-state index contributed by atoms with van der Waals surface area (Å²) in [6.07, 6.45) is 0.841. The third kappa shape index (κ3) is 7.66. The van der Waals surface area contributed by atoms with Gasteiger partial charge < -0.3 is 24.7 Å². The van der Waals surface area contributed by atoms with Gasteiger partial charge in [0, 0.05) is 25.6 Å². The zero-order chi connectivity index (χ0) is 13.8. The standard InChI is InChI=1S/C14H23NO4/c1-16-13-4-2-5-14(12-13)19-8-3-7-17-10-11-18-9-6-15/h2,4-5,12H,3,6-11,15H2,1H3. The maximum absolute atomic E-state index is 5.59. The van der Waals surface area contributed by atoms with E-state index in [2.05, 4.69) is 0 Å². The van der Waals surface area contributed by atoms with E-state index in [4.69, 9.17) is 24.7 Å². The molecular formula is C14H23NO4. The molecule has 0 aromatic heterocycles. The van der Waals surface area contributed by atoms with Crippen LogP contribution in [0.15, 0.2) is 24.3 Å². The highest BCUT2D eigenvalue weighted by molar-refractivity contribution is 5.32. The molecular weight excluding hydrogens is 246 g/mol. The van der Waals surface area contributed by atoms with E-state index in [0.717, 1.165) is 17.9 Å². The van der Waals surface area contributed by atoms with Crippen LogP contribution in [0.3, 0.4) is 0 Å². The van der Waals surface area contributed by atoms with Gasteiger partial charge in [-0.2, -0.15) is 0 Å². The van der Waals surface area contributed by atoms with Gasteiger partial charge in [-0.15, -0.1) is 0 Å². The monoisotopic (exact) mass is 269 g/mol. The molecule has 0 fully saturated rings. The van der Waals surface area contributed by atoms with Gasteiger partial charge in [0.2, 0.25) is 0 Å². The van der Waals surface area contributed by atoms with Crippen molar-refractivity contribution < 1.29 is 18.9 Å². The summed E-state index contributed by atoms with van der Waals surface area (Å²) in [5.74, 6) is 1.61. The van der Waals surface area contributed by atoms with Crippen molar-refractivity contribution in [2.24, 2.45) is 5.73 Å². The minimum absolute atomic E-state index is 0.550. The van der Waals surface area contributed by atoms with Crippen molar-refractivity contribution in [1.29, 1.82) is 0 Å². The third-order valence-electron chi connectivity index (χ3n) is 2.38. The average Bonchev–Trinajstić information content (AvgIpc) is 2.46. The van der Waals surface area contributed by atoms with Crippen molar-refractivity contribution in [3.8, 4) is 11.5 Å². The van der Waals surface area contributed by atoms with Gasteiger partial charge in [-0.05, 0) is 12.1 Å². The Kier molecular flexibility index (Phi) is 8.80. The summed E-state index contributed by atoms with van der Waals surface area (Å²) in [7, 11) is 1.64. The van der Waals surface area contributed by atoms with Gasteiger partial charge in [0.05, 0.1) is 33.5 Å². The number of benzene rings is 1. The Morgan fingerprint density at radius 2 is 1.68 bits per heavy atom. The fraction of sp³-hybridized carbons (Fsp3) is 0.571. The lowest BCUT2D eigenvalue weighted by atomic mass is 10.3. The van der Waals surface area contributed by atoms with Crippen molar-refractivity contribution in [2.45, 2.75) is 6.42 Å². The highest BCUT2D eigenvalue weighted by atomic mass is 16.5. The maximum Gasteiger partial charge on any atom is 0.122 e. The smallest absolute Gasteiger partial charge is 0.122 e. The average molecular weight is 269 g/mol. The Bertz CT molecular complexity index is 333. The number of hydrogen-bond acceptors (Lipinski definition) is 5. The Labute approximate surface area is 114 Å². The minimum Gasteiger partial charge on any atom is -0.497 e. The fourth-order valence-electron chi connectivity index (χ4n) is 1.45. The first-order chi connectivity index (χ1) is 9.36. The van der Waals surface area contributed by atoms with Gasteiger partial charge in [0.25, 0.3) is 0 Å². The Morgan fingerprint density at radius 3 is 2.42 bits per heavy atom. The lowest BCUT2D eigenvalue weighted by molar-refractivity contribution is 0.0463. The Morgan fingerprint density at radius 1 is 0.947 bits per heavy atom. The quantitative estimate of drug-likeness (QED) is 0.616. The van der Waals surface area contributed by atoms with Crippen LogP contribution in [-0.2, 0) is 9.47 Å². The van der Waals surface area contributed by atoms with Crippen LogP contribution in [0.2, 0.25) is 0 Å². The third-order valence-corrected chi connectivity index (χ3v) is 2.38. The molecule has 0 aliphatic heterocycles. The Hall–Kier alpha value is -1.30. The molecule has 0 heterocycles. The van der Waals surface area contributed by atoms with E-state index in [1.165, 1.54) is 0 Å². The molecule has 0 spiro atoms. The summed E-state index contributed by atoms with van der Waals surface area (Å²) in [5, 5.41) is 0. The van der Waals surface area contributed by atoms with E-state index in [9.17, 15) is 0 Å². The predicted molar refractivity (Wildman–Crippen MR) is 73.8 cm³/mol. The molecule has 108 valence electrons. The molecule has 1 rings (SSSR count). The molecule has 5 nitrogen and oxygen atoms in total. The summed E-state index contributed by atoms with van der Waals surface area (Å²) < 4.78 is 21.3. The highest BCUT2D eigenvalue weighted by Gasteiger charge is 1.96. The van der Waals surface area contributed by atoms with Gasteiger partial charge in [0.15, 0.2) is 0 Å². The van der Waals surface area contributed by atoms with Crippen molar-refractivity contribution >= 4 is 0 Å². The van der Waals surface area contributed by atoms with E-state index in [-0.39, 0.29) is 0 Å². The van der Waals surface area contributed by atoms with Crippen LogP contribution in [0.1, 0.15) is 6.42 Å². The number of hydrogen-bond donors (Lipinski definition) is 1. The van der Waals surface area contributed by atoms with Crippen molar-refractivity contribution in [1.82, 2.24) is 0 Å². The van der Waals surface area contributed by atoms with E-state index >= 15 is 0 Å². The molecule has 0 aliphatic rings. The van der Waals surface area contributed by atoms with Crippen LogP contribution in [0, 0.1) is 0 Å². The summed E-state index contributed by atoms with van der Waals surface area (Å²) in [5.41, 5.74) is 5.29. The number of nitrogens with two attached hydrogens (primary N) is 1. The molecule has 0 bridgehead atoms. The minimum atomic E-state index is 0.550. The summed E-state index contributed by atoms with van der Waals surface area (Å²) in [6, 6.07) is 7.56. The lowest BCUT2D eigenvalue weighted by Gasteiger charge is -2.08. The van der Waals surface area contributed by atoms with E-state index < -0.39 is 0 Å². The topological polar surface area (TPSA) is 62.9 Å². The second-order valence-corrected chi connectivity index (χ2v) is 3.89. The number of rotatable bonds is 11. The van der Waals surface area contributed by atoms with Gasteiger partial charge in [0.1, 0.15) is 11.5 Å².